The van der Waals surface area contributed by atoms with Crippen LogP contribution in [0, 0.1) is 5.92 Å². The Balaban J connectivity index is 1.74. The van der Waals surface area contributed by atoms with Crippen molar-refractivity contribution in [1.82, 2.24) is 19.3 Å². The number of pyridine rings is 1. The van der Waals surface area contributed by atoms with E-state index < -0.39 is 0 Å². The van der Waals surface area contributed by atoms with Gasteiger partial charge in [-0.05, 0) is 12.5 Å². The molecule has 1 aliphatic heterocycles. The zero-order valence-corrected chi connectivity index (χ0v) is 12.2. The zero-order valence-electron chi connectivity index (χ0n) is 11.4. The Morgan fingerprint density at radius 2 is 2.33 bits per heavy atom. The lowest BCUT2D eigenvalue weighted by Gasteiger charge is -2.22. The number of carbonyl (C=O) groups excluding carboxylic acids is 1. The summed E-state index contributed by atoms with van der Waals surface area (Å²) in [5, 5.41) is 10.7. The summed E-state index contributed by atoms with van der Waals surface area (Å²) in [5.41, 5.74) is 0.225. The van der Waals surface area contributed by atoms with Gasteiger partial charge in [0.1, 0.15) is 17.2 Å². The van der Waals surface area contributed by atoms with Crippen LogP contribution < -0.4 is 10.9 Å². The van der Waals surface area contributed by atoms with Gasteiger partial charge in [0.25, 0.3) is 5.56 Å². The SMILES string of the molecule is Cn1cc(NC(=O)C2CCc3nncn3C2)cc(Cl)c1=O. The van der Waals surface area contributed by atoms with Gasteiger partial charge in [0, 0.05) is 26.2 Å². The summed E-state index contributed by atoms with van der Waals surface area (Å²) in [5.74, 6) is 0.665. The molecule has 1 N–H and O–H groups in total. The first-order valence-electron chi connectivity index (χ1n) is 6.58. The highest BCUT2D eigenvalue weighted by molar-refractivity contribution is 6.30. The van der Waals surface area contributed by atoms with Gasteiger partial charge in [0.15, 0.2) is 0 Å². The molecule has 8 heteroatoms. The van der Waals surface area contributed by atoms with Crippen molar-refractivity contribution in [2.24, 2.45) is 13.0 Å². The summed E-state index contributed by atoms with van der Waals surface area (Å²) >= 11 is 5.84. The number of rotatable bonds is 2. The Morgan fingerprint density at radius 3 is 3.10 bits per heavy atom. The van der Waals surface area contributed by atoms with Crippen LogP contribution in [0.4, 0.5) is 5.69 Å². The lowest BCUT2D eigenvalue weighted by Crippen LogP contribution is -2.31. The summed E-state index contributed by atoms with van der Waals surface area (Å²) in [6.07, 6.45) is 4.65. The zero-order chi connectivity index (χ0) is 15.0. The number of carbonyl (C=O) groups is 1. The average molecular weight is 308 g/mol. The van der Waals surface area contributed by atoms with Crippen LogP contribution in [0.25, 0.3) is 0 Å². The van der Waals surface area contributed by atoms with E-state index in [9.17, 15) is 9.59 Å². The Bertz CT molecular complexity index is 725. The van der Waals surface area contributed by atoms with Crippen molar-refractivity contribution in [3.05, 3.63) is 39.8 Å². The number of amides is 1. The minimum atomic E-state index is -0.290. The summed E-state index contributed by atoms with van der Waals surface area (Å²) in [7, 11) is 1.59. The fraction of sp³-hybridized carbons (Fsp3) is 0.385. The molecule has 0 radical (unpaired) electrons. The van der Waals surface area contributed by atoms with Gasteiger partial charge in [-0.25, -0.2) is 0 Å². The van der Waals surface area contributed by atoms with Crippen molar-refractivity contribution in [2.75, 3.05) is 5.32 Å². The molecule has 2 aromatic rings. The van der Waals surface area contributed by atoms with Crippen LogP contribution in [-0.2, 0) is 24.8 Å². The predicted molar refractivity (Wildman–Crippen MR) is 77.2 cm³/mol. The highest BCUT2D eigenvalue weighted by atomic mass is 35.5. The van der Waals surface area contributed by atoms with E-state index in [0.29, 0.717) is 12.2 Å². The van der Waals surface area contributed by atoms with E-state index >= 15 is 0 Å². The van der Waals surface area contributed by atoms with E-state index in [1.807, 2.05) is 4.57 Å². The summed E-state index contributed by atoms with van der Waals surface area (Å²) in [6.45, 7) is 0.563. The summed E-state index contributed by atoms with van der Waals surface area (Å²) in [6, 6.07) is 1.47. The summed E-state index contributed by atoms with van der Waals surface area (Å²) in [4.78, 5) is 23.8. The van der Waals surface area contributed by atoms with Crippen molar-refractivity contribution < 1.29 is 4.79 Å². The van der Waals surface area contributed by atoms with E-state index in [4.69, 9.17) is 11.6 Å². The van der Waals surface area contributed by atoms with E-state index in [0.717, 1.165) is 18.7 Å². The molecular weight excluding hydrogens is 294 g/mol. The molecule has 2 aromatic heterocycles. The molecule has 0 aliphatic carbocycles. The Kier molecular flexibility index (Phi) is 3.50. The van der Waals surface area contributed by atoms with Crippen LogP contribution in [0.15, 0.2) is 23.4 Å². The van der Waals surface area contributed by atoms with Gasteiger partial charge >= 0.3 is 0 Å². The number of hydrogen-bond donors (Lipinski definition) is 1. The van der Waals surface area contributed by atoms with Gasteiger partial charge in [-0.15, -0.1) is 10.2 Å². The fourth-order valence-corrected chi connectivity index (χ4v) is 2.71. The van der Waals surface area contributed by atoms with Gasteiger partial charge in [0.05, 0.1) is 11.6 Å². The number of fused-ring (bicyclic) bond motifs is 1. The molecule has 1 amide bonds. The lowest BCUT2D eigenvalue weighted by molar-refractivity contribution is -0.120. The highest BCUT2D eigenvalue weighted by Gasteiger charge is 2.25. The number of aryl methyl sites for hydroxylation is 2. The average Bonchev–Trinajstić information content (AvgIpc) is 2.91. The van der Waals surface area contributed by atoms with Crippen molar-refractivity contribution in [3.63, 3.8) is 0 Å². The third-order valence-electron chi connectivity index (χ3n) is 3.61. The molecule has 1 unspecified atom stereocenters. The predicted octanol–water partition coefficient (Wildman–Crippen LogP) is 0.831. The third-order valence-corrected chi connectivity index (χ3v) is 3.88. The number of hydrogen-bond acceptors (Lipinski definition) is 4. The normalized spacial score (nSPS) is 17.3. The van der Waals surface area contributed by atoms with Crippen LogP contribution in [0.3, 0.4) is 0 Å². The minimum absolute atomic E-state index is 0.0834. The molecule has 7 nitrogen and oxygen atoms in total. The highest BCUT2D eigenvalue weighted by Crippen LogP contribution is 2.20. The monoisotopic (exact) mass is 307 g/mol. The van der Waals surface area contributed by atoms with Gasteiger partial charge in [-0.2, -0.15) is 0 Å². The molecule has 3 heterocycles. The number of nitrogens with zero attached hydrogens (tertiary/aromatic N) is 4. The number of nitrogens with one attached hydrogen (secondary N) is 1. The number of aromatic nitrogens is 4. The molecule has 1 aliphatic rings. The van der Waals surface area contributed by atoms with Crippen LogP contribution >= 0.6 is 11.6 Å². The van der Waals surface area contributed by atoms with Gasteiger partial charge in [0.2, 0.25) is 5.91 Å². The van der Waals surface area contributed by atoms with Crippen molar-refractivity contribution in [3.8, 4) is 0 Å². The second-order valence-corrected chi connectivity index (χ2v) is 5.52. The molecule has 0 bridgehead atoms. The molecule has 110 valence electrons. The topological polar surface area (TPSA) is 81.8 Å². The standard InChI is InChI=1S/C13H14ClN5O2/c1-18-6-9(4-10(14)13(18)21)16-12(20)8-2-3-11-17-15-7-19(11)5-8/h4,6-8H,2-3,5H2,1H3,(H,16,20). The Labute approximate surface area is 125 Å². The quantitative estimate of drug-likeness (QED) is 0.891. The van der Waals surface area contributed by atoms with E-state index in [1.54, 1.807) is 19.6 Å². The molecular formula is C13H14ClN5O2. The Morgan fingerprint density at radius 1 is 1.52 bits per heavy atom. The Hall–Kier alpha value is -2.15. The van der Waals surface area contributed by atoms with Crippen molar-refractivity contribution in [1.29, 1.82) is 0 Å². The lowest BCUT2D eigenvalue weighted by atomic mass is 9.98. The first-order chi connectivity index (χ1) is 10.0. The smallest absolute Gasteiger partial charge is 0.269 e. The molecule has 0 spiro atoms. The first-order valence-corrected chi connectivity index (χ1v) is 6.96. The van der Waals surface area contributed by atoms with Gasteiger partial charge in [-0.3, -0.25) is 9.59 Å². The second kappa shape index (κ2) is 5.33. The molecule has 0 fully saturated rings. The number of halogens is 1. The third kappa shape index (κ3) is 2.69. The maximum atomic E-state index is 12.3. The van der Waals surface area contributed by atoms with Gasteiger partial charge < -0.3 is 14.5 Å². The van der Waals surface area contributed by atoms with E-state index in [-0.39, 0.29) is 22.4 Å². The maximum absolute atomic E-state index is 12.3. The summed E-state index contributed by atoms with van der Waals surface area (Å²) < 4.78 is 3.23. The van der Waals surface area contributed by atoms with Crippen LogP contribution in [0.2, 0.25) is 5.02 Å². The van der Waals surface area contributed by atoms with Crippen molar-refractivity contribution in [2.45, 2.75) is 19.4 Å². The van der Waals surface area contributed by atoms with Crippen LogP contribution in [0.5, 0.6) is 0 Å². The molecule has 0 saturated carbocycles. The van der Waals surface area contributed by atoms with Gasteiger partial charge in [-0.1, -0.05) is 11.6 Å². The first kappa shape index (κ1) is 13.8. The molecule has 1 atom stereocenters. The molecule has 0 aromatic carbocycles. The molecule has 3 rings (SSSR count). The second-order valence-electron chi connectivity index (χ2n) is 5.12. The minimum Gasteiger partial charge on any atom is -0.324 e. The number of anilines is 1. The maximum Gasteiger partial charge on any atom is 0.269 e. The molecule has 0 saturated heterocycles. The van der Waals surface area contributed by atoms with E-state index in [1.165, 1.54) is 10.6 Å². The van der Waals surface area contributed by atoms with Crippen molar-refractivity contribution >= 4 is 23.2 Å². The fourth-order valence-electron chi connectivity index (χ4n) is 2.46. The van der Waals surface area contributed by atoms with Crippen LogP contribution in [0.1, 0.15) is 12.2 Å². The van der Waals surface area contributed by atoms with E-state index in [2.05, 4.69) is 15.5 Å². The van der Waals surface area contributed by atoms with Crippen LogP contribution in [-0.4, -0.2) is 25.2 Å². The largest absolute Gasteiger partial charge is 0.324 e. The molecule has 21 heavy (non-hydrogen) atoms.